The van der Waals surface area contributed by atoms with Crippen molar-refractivity contribution in [3.8, 4) is 17.6 Å². The number of hydrogen-bond donors (Lipinski definition) is 0. The van der Waals surface area contributed by atoms with Crippen molar-refractivity contribution in [3.05, 3.63) is 41.2 Å². The van der Waals surface area contributed by atoms with E-state index in [2.05, 4.69) is 11.2 Å². The highest BCUT2D eigenvalue weighted by molar-refractivity contribution is 6.30. The van der Waals surface area contributed by atoms with Crippen LogP contribution < -0.4 is 4.74 Å². The highest BCUT2D eigenvalue weighted by Gasteiger charge is 2.22. The van der Waals surface area contributed by atoms with Gasteiger partial charge < -0.3 is 4.74 Å². The molecule has 1 aliphatic rings. The fourth-order valence-corrected chi connectivity index (χ4v) is 2.04. The summed E-state index contributed by atoms with van der Waals surface area (Å²) in [4.78, 5) is 0. The van der Waals surface area contributed by atoms with Crippen molar-refractivity contribution in [1.29, 1.82) is 5.26 Å². The number of nitrogens with zero attached hydrogens (tertiary/aromatic N) is 3. The molecule has 1 aromatic heterocycles. The average molecular weight is 274 g/mol. The average Bonchev–Trinajstić information content (AvgIpc) is 3.11. The van der Waals surface area contributed by atoms with Gasteiger partial charge in [0, 0.05) is 11.6 Å². The second-order valence-electron chi connectivity index (χ2n) is 4.70. The zero-order valence-electron chi connectivity index (χ0n) is 10.2. The molecular formula is C14H12ClN3O. The molecule has 0 atom stereocenters. The van der Waals surface area contributed by atoms with E-state index in [1.165, 1.54) is 12.8 Å². The molecule has 96 valence electrons. The molecule has 0 N–H and O–H groups in total. The molecule has 1 aliphatic carbocycles. The van der Waals surface area contributed by atoms with Crippen LogP contribution in [0.15, 0.2) is 30.6 Å². The third kappa shape index (κ3) is 2.88. The first kappa shape index (κ1) is 12.1. The van der Waals surface area contributed by atoms with Gasteiger partial charge in [-0.1, -0.05) is 11.6 Å². The predicted octanol–water partition coefficient (Wildman–Crippen LogP) is 3.61. The minimum absolute atomic E-state index is 0.419. The van der Waals surface area contributed by atoms with Gasteiger partial charge in [0.15, 0.2) is 5.75 Å². The van der Waals surface area contributed by atoms with Gasteiger partial charge in [0.05, 0.1) is 18.0 Å². The van der Waals surface area contributed by atoms with Crippen molar-refractivity contribution >= 4 is 11.6 Å². The third-order valence-corrected chi connectivity index (χ3v) is 3.28. The molecule has 19 heavy (non-hydrogen) atoms. The molecule has 0 spiro atoms. The van der Waals surface area contributed by atoms with E-state index in [1.807, 2.05) is 10.9 Å². The molecule has 0 radical (unpaired) electrons. The van der Waals surface area contributed by atoms with E-state index < -0.39 is 0 Å². The zero-order valence-corrected chi connectivity index (χ0v) is 11.0. The molecule has 0 bridgehead atoms. The molecule has 0 amide bonds. The Morgan fingerprint density at radius 1 is 1.47 bits per heavy atom. The van der Waals surface area contributed by atoms with Gasteiger partial charge in [-0.15, -0.1) is 0 Å². The van der Waals surface area contributed by atoms with Crippen molar-refractivity contribution in [1.82, 2.24) is 9.78 Å². The largest absolute Gasteiger partial charge is 0.453 e. The minimum atomic E-state index is 0.419. The van der Waals surface area contributed by atoms with Crippen molar-refractivity contribution in [2.75, 3.05) is 0 Å². The third-order valence-electron chi connectivity index (χ3n) is 3.04. The maximum Gasteiger partial charge on any atom is 0.165 e. The molecule has 1 fully saturated rings. The highest BCUT2D eigenvalue weighted by Crippen LogP contribution is 2.31. The summed E-state index contributed by atoms with van der Waals surface area (Å²) in [5.74, 6) is 1.90. The number of hydrogen-bond acceptors (Lipinski definition) is 3. The van der Waals surface area contributed by atoms with Crippen LogP contribution in [0.5, 0.6) is 11.5 Å². The second-order valence-corrected chi connectivity index (χ2v) is 5.13. The van der Waals surface area contributed by atoms with E-state index in [9.17, 15) is 0 Å². The normalized spacial score (nSPS) is 14.1. The topological polar surface area (TPSA) is 50.8 Å². The van der Waals surface area contributed by atoms with Gasteiger partial charge in [0.2, 0.25) is 0 Å². The number of aromatic nitrogens is 2. The Morgan fingerprint density at radius 2 is 2.32 bits per heavy atom. The summed E-state index contributed by atoms with van der Waals surface area (Å²) in [6, 6.07) is 7.05. The van der Waals surface area contributed by atoms with E-state index in [0.717, 1.165) is 12.5 Å². The number of nitriles is 1. The fraction of sp³-hybridized carbons (Fsp3) is 0.286. The summed E-state index contributed by atoms with van der Waals surface area (Å²) in [6.45, 7) is 0.940. The number of benzene rings is 1. The van der Waals surface area contributed by atoms with Crippen LogP contribution in [-0.4, -0.2) is 9.78 Å². The van der Waals surface area contributed by atoms with Crippen molar-refractivity contribution in [2.45, 2.75) is 19.4 Å². The van der Waals surface area contributed by atoms with Gasteiger partial charge in [-0.25, -0.2) is 0 Å². The maximum absolute atomic E-state index is 9.04. The summed E-state index contributed by atoms with van der Waals surface area (Å²) >= 11 is 5.84. The quantitative estimate of drug-likeness (QED) is 0.855. The first-order chi connectivity index (χ1) is 9.24. The minimum Gasteiger partial charge on any atom is -0.453 e. The summed E-state index contributed by atoms with van der Waals surface area (Å²) in [5, 5.41) is 13.8. The lowest BCUT2D eigenvalue weighted by molar-refractivity contribution is 0.478. The molecule has 0 saturated heterocycles. The van der Waals surface area contributed by atoms with Gasteiger partial charge in [-0.2, -0.15) is 10.4 Å². The molecule has 0 unspecified atom stereocenters. The summed E-state index contributed by atoms with van der Waals surface area (Å²) in [6.07, 6.45) is 6.09. The molecule has 1 aromatic carbocycles. The van der Waals surface area contributed by atoms with E-state index in [0.29, 0.717) is 22.1 Å². The Morgan fingerprint density at radius 3 is 3.05 bits per heavy atom. The zero-order chi connectivity index (χ0) is 13.2. The van der Waals surface area contributed by atoms with E-state index >= 15 is 0 Å². The van der Waals surface area contributed by atoms with Gasteiger partial charge in [-0.05, 0) is 37.0 Å². The molecule has 2 aromatic rings. The molecular weight excluding hydrogens is 262 g/mol. The Balaban J connectivity index is 1.77. The van der Waals surface area contributed by atoms with E-state index in [4.69, 9.17) is 21.6 Å². The van der Waals surface area contributed by atoms with Crippen molar-refractivity contribution < 1.29 is 4.74 Å². The van der Waals surface area contributed by atoms with Crippen LogP contribution in [0, 0.1) is 17.2 Å². The monoisotopic (exact) mass is 273 g/mol. The predicted molar refractivity (Wildman–Crippen MR) is 71.2 cm³/mol. The molecule has 0 aliphatic heterocycles. The summed E-state index contributed by atoms with van der Waals surface area (Å²) in [7, 11) is 0. The van der Waals surface area contributed by atoms with Crippen LogP contribution in [0.3, 0.4) is 0 Å². The van der Waals surface area contributed by atoms with Crippen LogP contribution in [-0.2, 0) is 6.54 Å². The molecule has 3 rings (SSSR count). The number of halogens is 1. The Labute approximate surface area is 116 Å². The summed E-state index contributed by atoms with van der Waals surface area (Å²) in [5.41, 5.74) is 0.419. The summed E-state index contributed by atoms with van der Waals surface area (Å²) < 4.78 is 7.56. The molecule has 4 nitrogen and oxygen atoms in total. The van der Waals surface area contributed by atoms with E-state index in [-0.39, 0.29) is 0 Å². The fourth-order valence-electron chi connectivity index (χ4n) is 1.87. The Bertz CT molecular complexity index is 640. The first-order valence-corrected chi connectivity index (χ1v) is 6.52. The second kappa shape index (κ2) is 4.94. The van der Waals surface area contributed by atoms with E-state index in [1.54, 1.807) is 24.4 Å². The molecule has 5 heteroatoms. The van der Waals surface area contributed by atoms with Crippen LogP contribution >= 0.6 is 11.6 Å². The Hall–Kier alpha value is -1.99. The Kier molecular flexibility index (Phi) is 3.14. The SMILES string of the molecule is N#Cc1cc(Cl)ccc1Oc1cnn(CC2CC2)c1. The lowest BCUT2D eigenvalue weighted by atomic mass is 10.2. The van der Waals surface area contributed by atoms with Crippen LogP contribution in [0.4, 0.5) is 0 Å². The molecule has 1 saturated carbocycles. The van der Waals surface area contributed by atoms with Gasteiger partial charge >= 0.3 is 0 Å². The van der Waals surface area contributed by atoms with Gasteiger partial charge in [0.25, 0.3) is 0 Å². The smallest absolute Gasteiger partial charge is 0.165 e. The lowest BCUT2D eigenvalue weighted by Crippen LogP contribution is -1.99. The van der Waals surface area contributed by atoms with Crippen LogP contribution in [0.25, 0.3) is 0 Å². The standard InChI is InChI=1S/C14H12ClN3O/c15-12-3-4-14(11(5-12)6-16)19-13-7-17-18(9-13)8-10-1-2-10/h3-5,7,9-10H,1-2,8H2. The highest BCUT2D eigenvalue weighted by atomic mass is 35.5. The van der Waals surface area contributed by atoms with Gasteiger partial charge in [-0.3, -0.25) is 4.68 Å². The number of ether oxygens (including phenoxy) is 1. The van der Waals surface area contributed by atoms with Crippen molar-refractivity contribution in [2.24, 2.45) is 5.92 Å². The number of rotatable bonds is 4. The van der Waals surface area contributed by atoms with Crippen LogP contribution in [0.1, 0.15) is 18.4 Å². The molecule has 1 heterocycles. The van der Waals surface area contributed by atoms with Gasteiger partial charge in [0.1, 0.15) is 11.8 Å². The van der Waals surface area contributed by atoms with Crippen LogP contribution in [0.2, 0.25) is 5.02 Å². The lowest BCUT2D eigenvalue weighted by Gasteiger charge is -2.04. The maximum atomic E-state index is 9.04. The first-order valence-electron chi connectivity index (χ1n) is 6.14. The van der Waals surface area contributed by atoms with Crippen molar-refractivity contribution in [3.63, 3.8) is 0 Å².